The molecule has 10 heteroatoms. The van der Waals surface area contributed by atoms with Gasteiger partial charge < -0.3 is 19.9 Å². The van der Waals surface area contributed by atoms with Crippen LogP contribution >= 0.6 is 11.6 Å². The normalized spacial score (nSPS) is 16.5. The molecule has 1 unspecified atom stereocenters. The summed E-state index contributed by atoms with van der Waals surface area (Å²) in [6, 6.07) is 6.63. The maximum absolute atomic E-state index is 13.0. The number of halogens is 1. The molecule has 1 aliphatic heterocycles. The van der Waals surface area contributed by atoms with Crippen molar-refractivity contribution < 1.29 is 29.1 Å². The summed E-state index contributed by atoms with van der Waals surface area (Å²) in [6.07, 6.45) is -0.450. The zero-order valence-electron chi connectivity index (χ0n) is 16.8. The average Bonchev–Trinajstić information content (AvgIpc) is 2.63. The summed E-state index contributed by atoms with van der Waals surface area (Å²) in [4.78, 5) is 35.1. The number of hydrogen-bond donors (Lipinski definition) is 2. The lowest BCUT2D eigenvalue weighted by Crippen LogP contribution is -2.35. The molecular weight excluding hydrogens is 416 g/mol. The Hall–Kier alpha value is -2.91. The van der Waals surface area contributed by atoms with Crippen LogP contribution in [0.15, 0.2) is 46.8 Å². The van der Waals surface area contributed by atoms with Crippen molar-refractivity contribution in [3.63, 3.8) is 0 Å². The Morgan fingerprint density at radius 3 is 2.53 bits per heavy atom. The second kappa shape index (κ2) is 10.2. The first-order valence-electron chi connectivity index (χ1n) is 9.22. The van der Waals surface area contributed by atoms with Crippen LogP contribution in [-0.4, -0.2) is 47.8 Å². The molecule has 1 aliphatic rings. The Morgan fingerprint density at radius 1 is 1.30 bits per heavy atom. The number of nitro groups is 1. The number of dihydropyridines is 1. The third-order valence-corrected chi connectivity index (χ3v) is 4.66. The van der Waals surface area contributed by atoms with Gasteiger partial charge in [0.15, 0.2) is 0 Å². The molecule has 0 fully saturated rings. The highest BCUT2D eigenvalue weighted by molar-refractivity contribution is 6.31. The van der Waals surface area contributed by atoms with Crippen molar-refractivity contribution in [1.82, 2.24) is 5.32 Å². The van der Waals surface area contributed by atoms with Crippen molar-refractivity contribution in [1.29, 1.82) is 0 Å². The Kier molecular flexibility index (Phi) is 7.96. The Labute approximate surface area is 178 Å². The van der Waals surface area contributed by atoms with E-state index in [9.17, 15) is 24.8 Å². The molecule has 2 N–H and O–H groups in total. The summed E-state index contributed by atoms with van der Waals surface area (Å²) in [5, 5.41) is 23.6. The molecule has 0 spiro atoms. The van der Waals surface area contributed by atoms with E-state index >= 15 is 0 Å². The molecule has 1 heterocycles. The Morgan fingerprint density at radius 2 is 1.97 bits per heavy atom. The van der Waals surface area contributed by atoms with Crippen LogP contribution in [0.1, 0.15) is 32.3 Å². The fraction of sp³-hybridized carbons (Fsp3) is 0.400. The summed E-state index contributed by atoms with van der Waals surface area (Å²) >= 11 is 6.34. The largest absolute Gasteiger partial charge is 0.478 e. The molecule has 0 saturated heterocycles. The molecule has 0 bridgehead atoms. The zero-order valence-corrected chi connectivity index (χ0v) is 17.6. The molecule has 9 nitrogen and oxygen atoms in total. The van der Waals surface area contributed by atoms with Crippen molar-refractivity contribution in [2.45, 2.75) is 32.8 Å². The fourth-order valence-electron chi connectivity index (χ4n) is 3.15. The first-order valence-corrected chi connectivity index (χ1v) is 9.60. The highest BCUT2D eigenvalue weighted by Crippen LogP contribution is 2.41. The molecule has 0 aromatic heterocycles. The molecule has 0 amide bonds. The highest BCUT2D eigenvalue weighted by atomic mass is 35.5. The van der Waals surface area contributed by atoms with Crippen LogP contribution < -0.4 is 5.32 Å². The second-order valence-electron chi connectivity index (χ2n) is 6.88. The number of allylic oxidation sites excluding steroid dienone is 1. The quantitative estimate of drug-likeness (QED) is 0.260. The molecule has 1 aromatic carbocycles. The van der Waals surface area contributed by atoms with Crippen molar-refractivity contribution in [2.24, 2.45) is 0 Å². The Balaban J connectivity index is 2.58. The number of carbonyl (C=O) groups excluding carboxylic acids is 1. The minimum absolute atomic E-state index is 0.0425. The van der Waals surface area contributed by atoms with Crippen LogP contribution in [0, 0.1) is 10.1 Å². The first kappa shape index (κ1) is 23.4. The van der Waals surface area contributed by atoms with Crippen LogP contribution in [0.3, 0.4) is 0 Å². The summed E-state index contributed by atoms with van der Waals surface area (Å²) in [5.41, 5.74) is 1.00. The number of ether oxygens (including phenoxy) is 2. The van der Waals surface area contributed by atoms with Gasteiger partial charge in [-0.3, -0.25) is 10.1 Å². The third-order valence-electron chi connectivity index (χ3n) is 4.32. The molecule has 1 aromatic rings. The van der Waals surface area contributed by atoms with Gasteiger partial charge in [0.05, 0.1) is 35.5 Å². The number of rotatable bonds is 9. The van der Waals surface area contributed by atoms with E-state index < -0.39 is 35.4 Å². The van der Waals surface area contributed by atoms with E-state index in [1.54, 1.807) is 45.0 Å². The summed E-state index contributed by atoms with van der Waals surface area (Å²) in [7, 11) is 0. The van der Waals surface area contributed by atoms with Crippen molar-refractivity contribution in [3.05, 3.63) is 67.5 Å². The first-order chi connectivity index (χ1) is 14.1. The van der Waals surface area contributed by atoms with E-state index in [0.29, 0.717) is 16.3 Å². The Bertz CT molecular complexity index is 908. The highest BCUT2D eigenvalue weighted by Gasteiger charge is 2.39. The minimum atomic E-state index is -1.21. The van der Waals surface area contributed by atoms with E-state index in [1.807, 2.05) is 0 Å². The SMILES string of the molecule is CC1=C(C(=O)O)C(c2ccccc2Cl)C(C(=O)OC(C)C)=C(COCC[N+](=O)[O-])N1. The predicted octanol–water partition coefficient (Wildman–Crippen LogP) is 2.88. The fourth-order valence-corrected chi connectivity index (χ4v) is 3.39. The molecule has 1 atom stereocenters. The van der Waals surface area contributed by atoms with E-state index in [-0.39, 0.29) is 30.1 Å². The van der Waals surface area contributed by atoms with Gasteiger partial charge in [-0.15, -0.1) is 0 Å². The summed E-state index contributed by atoms with van der Waals surface area (Å²) in [5.74, 6) is -2.94. The van der Waals surface area contributed by atoms with Gasteiger partial charge in [0.25, 0.3) is 0 Å². The number of nitrogens with zero attached hydrogens (tertiary/aromatic N) is 1. The van der Waals surface area contributed by atoms with Gasteiger partial charge in [0.2, 0.25) is 6.54 Å². The maximum atomic E-state index is 13.0. The molecule has 0 radical (unpaired) electrons. The van der Waals surface area contributed by atoms with Crippen molar-refractivity contribution >= 4 is 23.5 Å². The molecule has 0 saturated carbocycles. The van der Waals surface area contributed by atoms with Gasteiger partial charge in [-0.25, -0.2) is 9.59 Å². The van der Waals surface area contributed by atoms with E-state index in [4.69, 9.17) is 21.1 Å². The number of carboxylic acid groups (broad SMARTS) is 1. The van der Waals surface area contributed by atoms with Gasteiger partial charge in [-0.1, -0.05) is 29.8 Å². The minimum Gasteiger partial charge on any atom is -0.478 e. The lowest BCUT2D eigenvalue weighted by Gasteiger charge is -2.31. The molecule has 162 valence electrons. The van der Waals surface area contributed by atoms with Crippen LogP contribution in [0.5, 0.6) is 0 Å². The van der Waals surface area contributed by atoms with Crippen LogP contribution in [0.2, 0.25) is 5.02 Å². The van der Waals surface area contributed by atoms with E-state index in [0.717, 1.165) is 0 Å². The molecule has 0 aliphatic carbocycles. The number of esters is 1. The van der Waals surface area contributed by atoms with E-state index in [2.05, 4.69) is 5.32 Å². The van der Waals surface area contributed by atoms with Crippen LogP contribution in [0.25, 0.3) is 0 Å². The topological polar surface area (TPSA) is 128 Å². The van der Waals surface area contributed by atoms with Gasteiger partial charge in [0, 0.05) is 15.6 Å². The summed E-state index contributed by atoms with van der Waals surface area (Å²) in [6.45, 7) is 4.17. The lowest BCUT2D eigenvalue weighted by atomic mass is 9.80. The van der Waals surface area contributed by atoms with Crippen LogP contribution in [0.4, 0.5) is 0 Å². The zero-order chi connectivity index (χ0) is 22.4. The number of hydrogen-bond acceptors (Lipinski definition) is 7. The number of carbonyl (C=O) groups is 2. The molecular formula is C20H23ClN2O7. The van der Waals surface area contributed by atoms with Gasteiger partial charge in [0.1, 0.15) is 6.61 Å². The average molecular weight is 439 g/mol. The van der Waals surface area contributed by atoms with E-state index in [1.165, 1.54) is 0 Å². The monoisotopic (exact) mass is 438 g/mol. The van der Waals surface area contributed by atoms with Gasteiger partial charge in [-0.2, -0.15) is 0 Å². The van der Waals surface area contributed by atoms with Crippen molar-refractivity contribution in [2.75, 3.05) is 19.8 Å². The molecule has 30 heavy (non-hydrogen) atoms. The number of benzene rings is 1. The summed E-state index contributed by atoms with van der Waals surface area (Å²) < 4.78 is 10.7. The smallest absolute Gasteiger partial charge is 0.337 e. The lowest BCUT2D eigenvalue weighted by molar-refractivity contribution is -0.483. The number of nitrogens with one attached hydrogen (secondary N) is 1. The second-order valence-corrected chi connectivity index (χ2v) is 7.29. The molecule has 2 rings (SSSR count). The standard InChI is InChI=1S/C20H23ClN2O7/c1-11(2)30-20(26)18-15(10-29-9-8-23(27)28)22-12(3)16(19(24)25)17(18)13-6-4-5-7-14(13)21/h4-7,11,17,22H,8-10H2,1-3H3,(H,24,25). The van der Waals surface area contributed by atoms with Crippen molar-refractivity contribution in [3.8, 4) is 0 Å². The van der Waals surface area contributed by atoms with Gasteiger partial charge >= 0.3 is 11.9 Å². The van der Waals surface area contributed by atoms with Gasteiger partial charge in [-0.05, 0) is 32.4 Å². The third kappa shape index (κ3) is 5.58. The van der Waals surface area contributed by atoms with Crippen LogP contribution in [-0.2, 0) is 19.1 Å². The number of aliphatic carboxylic acids is 1. The maximum Gasteiger partial charge on any atom is 0.337 e. The number of carboxylic acids is 1. The predicted molar refractivity (Wildman–Crippen MR) is 109 cm³/mol.